The van der Waals surface area contributed by atoms with Crippen LogP contribution in [0.25, 0.3) is 0 Å². The monoisotopic (exact) mass is 196 g/mol. The molecular weight excluding hydrogens is 180 g/mol. The quantitative estimate of drug-likeness (QED) is 0.618. The van der Waals surface area contributed by atoms with E-state index in [0.717, 1.165) is 19.4 Å². The first kappa shape index (κ1) is 9.65. The van der Waals surface area contributed by atoms with Gasteiger partial charge in [-0.2, -0.15) is 0 Å². The molecule has 1 amide bonds. The Balaban J connectivity index is 2.24. The van der Waals surface area contributed by atoms with E-state index in [4.69, 9.17) is 5.73 Å². The standard InChI is InChI=1S/C10H16N2O2/c11-9(14)10-3-1-5-12-8(10)6-7(13)2-4-10/h8,12H,1-6H2,(H2,11,14). The van der Waals surface area contributed by atoms with Crippen molar-refractivity contribution in [2.45, 2.75) is 38.1 Å². The molecule has 0 spiro atoms. The first-order valence-electron chi connectivity index (χ1n) is 5.20. The SMILES string of the molecule is NC(=O)C12CCCNC1CC(=O)CC2. The van der Waals surface area contributed by atoms with Crippen LogP contribution < -0.4 is 11.1 Å². The van der Waals surface area contributed by atoms with Crippen LogP contribution in [-0.4, -0.2) is 24.3 Å². The zero-order valence-electron chi connectivity index (χ0n) is 8.21. The van der Waals surface area contributed by atoms with Gasteiger partial charge < -0.3 is 11.1 Å². The van der Waals surface area contributed by atoms with Crippen LogP contribution in [0.15, 0.2) is 0 Å². The van der Waals surface area contributed by atoms with E-state index in [-0.39, 0.29) is 17.7 Å². The van der Waals surface area contributed by atoms with E-state index in [1.165, 1.54) is 0 Å². The van der Waals surface area contributed by atoms with Crippen LogP contribution in [0.4, 0.5) is 0 Å². The third-order valence-corrected chi connectivity index (χ3v) is 3.63. The lowest BCUT2D eigenvalue weighted by molar-refractivity contribution is -0.137. The summed E-state index contributed by atoms with van der Waals surface area (Å²) >= 11 is 0. The zero-order chi connectivity index (χ0) is 10.2. The summed E-state index contributed by atoms with van der Waals surface area (Å²) in [5, 5.41) is 3.25. The Morgan fingerprint density at radius 2 is 2.29 bits per heavy atom. The minimum atomic E-state index is -0.438. The van der Waals surface area contributed by atoms with Crippen molar-refractivity contribution in [3.05, 3.63) is 0 Å². The van der Waals surface area contributed by atoms with Crippen LogP contribution in [0.3, 0.4) is 0 Å². The Hall–Kier alpha value is -0.900. The highest BCUT2D eigenvalue weighted by atomic mass is 16.1. The van der Waals surface area contributed by atoms with Crippen LogP contribution in [0.1, 0.15) is 32.1 Å². The summed E-state index contributed by atoms with van der Waals surface area (Å²) in [6.45, 7) is 0.896. The number of fused-ring (bicyclic) bond motifs is 1. The highest BCUT2D eigenvalue weighted by Gasteiger charge is 2.48. The molecule has 4 nitrogen and oxygen atoms in total. The summed E-state index contributed by atoms with van der Waals surface area (Å²) in [5.41, 5.74) is 5.03. The van der Waals surface area contributed by atoms with Gasteiger partial charge >= 0.3 is 0 Å². The van der Waals surface area contributed by atoms with Gasteiger partial charge in [0.2, 0.25) is 5.91 Å². The average molecular weight is 196 g/mol. The maximum absolute atomic E-state index is 11.5. The van der Waals surface area contributed by atoms with Crippen LogP contribution in [0, 0.1) is 5.41 Å². The molecule has 1 saturated heterocycles. The molecule has 2 aliphatic rings. The van der Waals surface area contributed by atoms with E-state index in [0.29, 0.717) is 19.3 Å². The molecule has 2 rings (SSSR count). The molecule has 1 aliphatic heterocycles. The molecule has 0 bridgehead atoms. The molecule has 1 aliphatic carbocycles. The van der Waals surface area contributed by atoms with E-state index in [1.807, 2.05) is 0 Å². The first-order chi connectivity index (χ1) is 6.65. The maximum atomic E-state index is 11.5. The fourth-order valence-corrected chi connectivity index (χ4v) is 2.73. The van der Waals surface area contributed by atoms with Gasteiger partial charge in [0, 0.05) is 18.9 Å². The van der Waals surface area contributed by atoms with Crippen LogP contribution in [-0.2, 0) is 9.59 Å². The van der Waals surface area contributed by atoms with Crippen LogP contribution in [0.5, 0.6) is 0 Å². The van der Waals surface area contributed by atoms with Crippen molar-refractivity contribution in [1.29, 1.82) is 0 Å². The summed E-state index contributed by atoms with van der Waals surface area (Å²) in [7, 11) is 0. The first-order valence-corrected chi connectivity index (χ1v) is 5.20. The van der Waals surface area contributed by atoms with Gasteiger partial charge in [-0.3, -0.25) is 9.59 Å². The van der Waals surface area contributed by atoms with Crippen molar-refractivity contribution < 1.29 is 9.59 Å². The molecule has 14 heavy (non-hydrogen) atoms. The fraction of sp³-hybridized carbons (Fsp3) is 0.800. The van der Waals surface area contributed by atoms with Crippen molar-refractivity contribution in [2.24, 2.45) is 11.1 Å². The fourth-order valence-electron chi connectivity index (χ4n) is 2.73. The van der Waals surface area contributed by atoms with E-state index in [1.54, 1.807) is 0 Å². The van der Waals surface area contributed by atoms with Crippen molar-refractivity contribution in [1.82, 2.24) is 5.32 Å². The van der Waals surface area contributed by atoms with Crippen molar-refractivity contribution in [2.75, 3.05) is 6.54 Å². The highest BCUT2D eigenvalue weighted by molar-refractivity contribution is 5.88. The van der Waals surface area contributed by atoms with E-state index in [9.17, 15) is 9.59 Å². The van der Waals surface area contributed by atoms with Gasteiger partial charge in [-0.15, -0.1) is 0 Å². The molecular formula is C10H16N2O2. The molecule has 0 aromatic heterocycles. The van der Waals surface area contributed by atoms with E-state index >= 15 is 0 Å². The van der Waals surface area contributed by atoms with Gasteiger partial charge in [-0.05, 0) is 25.8 Å². The van der Waals surface area contributed by atoms with Crippen molar-refractivity contribution in [3.63, 3.8) is 0 Å². The molecule has 2 fully saturated rings. The lowest BCUT2D eigenvalue weighted by Crippen LogP contribution is -2.59. The van der Waals surface area contributed by atoms with Gasteiger partial charge in [0.05, 0.1) is 5.41 Å². The molecule has 4 heteroatoms. The maximum Gasteiger partial charge on any atom is 0.225 e. The number of Topliss-reactive ketones (excluding diaryl/α,β-unsaturated/α-hetero) is 1. The number of carbonyl (C=O) groups excluding carboxylic acids is 2. The molecule has 1 saturated carbocycles. The van der Waals surface area contributed by atoms with Crippen molar-refractivity contribution in [3.8, 4) is 0 Å². The number of nitrogens with one attached hydrogen (secondary N) is 1. The summed E-state index contributed by atoms with van der Waals surface area (Å²) in [6, 6.07) is -0.00463. The number of carbonyl (C=O) groups is 2. The van der Waals surface area contributed by atoms with Crippen molar-refractivity contribution >= 4 is 11.7 Å². The Kier molecular flexibility index (Phi) is 2.31. The molecule has 2 unspecified atom stereocenters. The van der Waals surface area contributed by atoms with Gasteiger partial charge in [-0.1, -0.05) is 0 Å². The molecule has 1 heterocycles. The molecule has 78 valence electrons. The number of rotatable bonds is 1. The Labute approximate surface area is 83.2 Å². The number of ketones is 1. The third-order valence-electron chi connectivity index (χ3n) is 3.63. The van der Waals surface area contributed by atoms with Gasteiger partial charge in [-0.25, -0.2) is 0 Å². The Morgan fingerprint density at radius 3 is 3.00 bits per heavy atom. The largest absolute Gasteiger partial charge is 0.369 e. The number of hydrogen-bond donors (Lipinski definition) is 2. The second-order valence-corrected chi connectivity index (χ2v) is 4.37. The molecule has 0 aromatic carbocycles. The predicted molar refractivity (Wildman–Crippen MR) is 51.5 cm³/mol. The Morgan fingerprint density at radius 1 is 1.50 bits per heavy atom. The second kappa shape index (κ2) is 3.35. The number of hydrogen-bond acceptors (Lipinski definition) is 3. The Bertz CT molecular complexity index is 277. The summed E-state index contributed by atoms with van der Waals surface area (Å²) < 4.78 is 0. The van der Waals surface area contributed by atoms with E-state index < -0.39 is 5.41 Å². The normalized spacial score (nSPS) is 37.7. The topological polar surface area (TPSA) is 72.2 Å². The predicted octanol–water partition coefficient (Wildman–Crippen LogP) is -0.0369. The highest BCUT2D eigenvalue weighted by Crippen LogP contribution is 2.41. The van der Waals surface area contributed by atoms with Crippen LogP contribution in [0.2, 0.25) is 0 Å². The molecule has 0 aromatic rings. The number of primary amides is 1. The third kappa shape index (κ3) is 1.34. The van der Waals surface area contributed by atoms with Gasteiger partial charge in [0.15, 0.2) is 0 Å². The molecule has 0 radical (unpaired) electrons. The molecule has 3 N–H and O–H groups in total. The minimum Gasteiger partial charge on any atom is -0.369 e. The second-order valence-electron chi connectivity index (χ2n) is 4.37. The molecule has 2 atom stereocenters. The summed E-state index contributed by atoms with van der Waals surface area (Å²) in [5.74, 6) is 0.0171. The lowest BCUT2D eigenvalue weighted by Gasteiger charge is -2.44. The van der Waals surface area contributed by atoms with Crippen LogP contribution >= 0.6 is 0 Å². The zero-order valence-corrected chi connectivity index (χ0v) is 8.21. The summed E-state index contributed by atoms with van der Waals surface area (Å²) in [6.07, 6.45) is 3.45. The van der Waals surface area contributed by atoms with E-state index in [2.05, 4.69) is 5.32 Å². The summed E-state index contributed by atoms with van der Waals surface area (Å²) in [4.78, 5) is 22.8. The number of nitrogens with two attached hydrogens (primary N) is 1. The minimum absolute atomic E-state index is 0.00463. The van der Waals surface area contributed by atoms with Gasteiger partial charge in [0.25, 0.3) is 0 Å². The lowest BCUT2D eigenvalue weighted by atomic mass is 9.65. The number of amides is 1. The number of piperidine rings is 1. The average Bonchev–Trinajstić information content (AvgIpc) is 2.17. The smallest absolute Gasteiger partial charge is 0.225 e. The van der Waals surface area contributed by atoms with Gasteiger partial charge in [0.1, 0.15) is 5.78 Å².